The van der Waals surface area contributed by atoms with Gasteiger partial charge in [0.1, 0.15) is 11.4 Å². The fourth-order valence-electron chi connectivity index (χ4n) is 2.87. The molecule has 4 heteroatoms. The number of aliphatic hydroxyl groups excluding tert-OH is 2. The minimum Gasteiger partial charge on any atom is -0.392 e. The zero-order valence-corrected chi connectivity index (χ0v) is 16.5. The van der Waals surface area contributed by atoms with Crippen LogP contribution in [0.25, 0.3) is 0 Å². The van der Waals surface area contributed by atoms with E-state index in [4.69, 9.17) is 9.84 Å². The fourth-order valence-corrected chi connectivity index (χ4v) is 2.87. The zero-order chi connectivity index (χ0) is 19.0. The van der Waals surface area contributed by atoms with Crippen molar-refractivity contribution in [1.29, 1.82) is 0 Å². The van der Waals surface area contributed by atoms with Crippen molar-refractivity contribution in [3.8, 4) is 0 Å². The third-order valence-corrected chi connectivity index (χ3v) is 5.50. The van der Waals surface area contributed by atoms with Gasteiger partial charge >= 0.3 is 0 Å². The number of carbonyl (C=O) groups excluding carboxylic acids is 1. The molecule has 25 heavy (non-hydrogen) atoms. The Morgan fingerprint density at radius 1 is 1.36 bits per heavy atom. The van der Waals surface area contributed by atoms with Gasteiger partial charge < -0.3 is 14.9 Å². The van der Waals surface area contributed by atoms with Crippen molar-refractivity contribution in [3.05, 3.63) is 23.8 Å². The summed E-state index contributed by atoms with van der Waals surface area (Å²) in [6.07, 6.45) is 7.63. The second-order valence-corrected chi connectivity index (χ2v) is 8.00. The number of allylic oxidation sites excluding steroid dienone is 1. The molecule has 2 N–H and O–H groups in total. The van der Waals surface area contributed by atoms with E-state index in [1.807, 2.05) is 26.0 Å². The van der Waals surface area contributed by atoms with Crippen molar-refractivity contribution in [2.45, 2.75) is 72.0 Å². The molecule has 144 valence electrons. The second kappa shape index (κ2) is 10.2. The third kappa shape index (κ3) is 7.04. The molecule has 0 bridgehead atoms. The maximum Gasteiger partial charge on any atom is 0.136 e. The quantitative estimate of drug-likeness (QED) is 0.654. The van der Waals surface area contributed by atoms with E-state index in [2.05, 4.69) is 20.8 Å². The highest BCUT2D eigenvalue weighted by Crippen LogP contribution is 2.28. The summed E-state index contributed by atoms with van der Waals surface area (Å²) in [5.74, 6) is 1.20. The Labute approximate surface area is 153 Å². The first-order valence-corrected chi connectivity index (χ1v) is 9.50. The van der Waals surface area contributed by atoms with Gasteiger partial charge in [0.2, 0.25) is 0 Å². The number of ether oxygens (including phenoxy) is 1. The van der Waals surface area contributed by atoms with Crippen molar-refractivity contribution in [2.75, 3.05) is 13.2 Å². The molecular formula is C21H36O4. The van der Waals surface area contributed by atoms with Gasteiger partial charge in [0.25, 0.3) is 0 Å². The van der Waals surface area contributed by atoms with Gasteiger partial charge in [-0.1, -0.05) is 45.9 Å². The van der Waals surface area contributed by atoms with Crippen LogP contribution in [0.1, 0.15) is 60.3 Å². The molecule has 0 aliphatic carbocycles. The first-order valence-electron chi connectivity index (χ1n) is 9.50. The monoisotopic (exact) mass is 352 g/mol. The van der Waals surface area contributed by atoms with Crippen LogP contribution >= 0.6 is 0 Å². The summed E-state index contributed by atoms with van der Waals surface area (Å²) >= 11 is 0. The van der Waals surface area contributed by atoms with Crippen molar-refractivity contribution < 1.29 is 19.7 Å². The van der Waals surface area contributed by atoms with Gasteiger partial charge in [-0.05, 0) is 43.6 Å². The van der Waals surface area contributed by atoms with Gasteiger partial charge in [-0.15, -0.1) is 0 Å². The van der Waals surface area contributed by atoms with E-state index in [1.165, 1.54) is 0 Å². The molecule has 4 atom stereocenters. The van der Waals surface area contributed by atoms with E-state index >= 15 is 0 Å². The van der Waals surface area contributed by atoms with E-state index in [0.29, 0.717) is 43.5 Å². The van der Waals surface area contributed by atoms with Crippen molar-refractivity contribution in [1.82, 2.24) is 0 Å². The molecule has 0 aromatic rings. The minimum atomic E-state index is -0.751. The summed E-state index contributed by atoms with van der Waals surface area (Å²) in [7, 11) is 0. The number of rotatable bonds is 8. The normalized spacial score (nSPS) is 29.1. The maximum atomic E-state index is 12.3. The van der Waals surface area contributed by atoms with Gasteiger partial charge in [0.05, 0.1) is 19.3 Å². The standard InChI is InChI=1S/C21H36O4/c1-15(2)17(4)13-19(23)16(3)7-6-11-21(5)20(24)9-8-18(10-12-22)14-25-21/h6,10-11,15-17,20,22,24H,7-9,12-14H2,1-5H3/t16?,17?,20-,21+/m1/s1. The average Bonchev–Trinajstić information content (AvgIpc) is 2.69. The summed E-state index contributed by atoms with van der Waals surface area (Å²) in [6, 6.07) is 0. The molecule has 2 unspecified atom stereocenters. The van der Waals surface area contributed by atoms with Gasteiger partial charge in [-0.3, -0.25) is 4.79 Å². The summed E-state index contributed by atoms with van der Waals surface area (Å²) < 4.78 is 5.91. The lowest BCUT2D eigenvalue weighted by Gasteiger charge is -2.29. The Bertz CT molecular complexity index is 480. The highest BCUT2D eigenvalue weighted by molar-refractivity contribution is 5.81. The SMILES string of the molecule is CC(CC=C[C@]1(C)OCC(=CCO)CC[C@H]1O)C(=O)CC(C)C(C)C. The topological polar surface area (TPSA) is 66.8 Å². The molecule has 0 saturated carbocycles. The lowest BCUT2D eigenvalue weighted by atomic mass is 9.87. The predicted molar refractivity (Wildman–Crippen MR) is 101 cm³/mol. The van der Waals surface area contributed by atoms with Gasteiger partial charge in [-0.2, -0.15) is 0 Å². The molecule has 1 heterocycles. The molecule has 0 spiro atoms. The third-order valence-electron chi connectivity index (χ3n) is 5.50. The van der Waals surface area contributed by atoms with Crippen LogP contribution in [-0.4, -0.2) is 40.9 Å². The van der Waals surface area contributed by atoms with Crippen LogP contribution in [0.3, 0.4) is 0 Å². The van der Waals surface area contributed by atoms with E-state index in [1.54, 1.807) is 6.08 Å². The number of hydrogen-bond acceptors (Lipinski definition) is 4. The molecule has 1 saturated heterocycles. The fraction of sp³-hybridized carbons (Fsp3) is 0.762. The summed E-state index contributed by atoms with van der Waals surface area (Å²) in [4.78, 5) is 12.3. The molecular weight excluding hydrogens is 316 g/mol. The molecule has 1 fully saturated rings. The van der Waals surface area contributed by atoms with E-state index < -0.39 is 11.7 Å². The van der Waals surface area contributed by atoms with E-state index in [-0.39, 0.29) is 12.5 Å². The van der Waals surface area contributed by atoms with Crippen LogP contribution in [-0.2, 0) is 9.53 Å². The molecule has 1 aliphatic rings. The molecule has 0 radical (unpaired) electrons. The van der Waals surface area contributed by atoms with E-state index in [9.17, 15) is 9.90 Å². The first-order chi connectivity index (χ1) is 11.7. The molecule has 0 aromatic heterocycles. The largest absolute Gasteiger partial charge is 0.392 e. The lowest BCUT2D eigenvalue weighted by molar-refractivity contribution is -0.123. The van der Waals surface area contributed by atoms with Crippen LogP contribution in [0.15, 0.2) is 23.8 Å². The number of carbonyl (C=O) groups is 1. The van der Waals surface area contributed by atoms with Crippen LogP contribution in [0, 0.1) is 17.8 Å². The van der Waals surface area contributed by atoms with Crippen molar-refractivity contribution in [3.63, 3.8) is 0 Å². The lowest BCUT2D eigenvalue weighted by Crippen LogP contribution is -2.39. The summed E-state index contributed by atoms with van der Waals surface area (Å²) in [5.41, 5.74) is 0.267. The number of ketones is 1. The smallest absolute Gasteiger partial charge is 0.136 e. The molecule has 0 amide bonds. The minimum absolute atomic E-state index is 0.00420. The van der Waals surface area contributed by atoms with Crippen molar-refractivity contribution >= 4 is 5.78 Å². The van der Waals surface area contributed by atoms with Gasteiger partial charge in [0, 0.05) is 12.3 Å². The number of Topliss-reactive ketones (excluding diaryl/α,β-unsaturated/α-hetero) is 1. The maximum absolute atomic E-state index is 12.3. The first kappa shape index (κ1) is 22.1. The van der Waals surface area contributed by atoms with Gasteiger partial charge in [-0.25, -0.2) is 0 Å². The van der Waals surface area contributed by atoms with Crippen LogP contribution < -0.4 is 0 Å². The Balaban J connectivity index is 2.61. The van der Waals surface area contributed by atoms with E-state index in [0.717, 1.165) is 12.0 Å². The van der Waals surface area contributed by atoms with Gasteiger partial charge in [0.15, 0.2) is 0 Å². The highest BCUT2D eigenvalue weighted by Gasteiger charge is 2.33. The Kier molecular flexibility index (Phi) is 9.04. The van der Waals surface area contributed by atoms with Crippen LogP contribution in [0.5, 0.6) is 0 Å². The van der Waals surface area contributed by atoms with Crippen molar-refractivity contribution in [2.24, 2.45) is 17.8 Å². The predicted octanol–water partition coefficient (Wildman–Crippen LogP) is 3.67. The Morgan fingerprint density at radius 3 is 2.64 bits per heavy atom. The molecule has 0 aromatic carbocycles. The second-order valence-electron chi connectivity index (χ2n) is 8.00. The average molecular weight is 353 g/mol. The highest BCUT2D eigenvalue weighted by atomic mass is 16.5. The Morgan fingerprint density at radius 2 is 2.04 bits per heavy atom. The Hall–Kier alpha value is -0.970. The number of hydrogen-bond donors (Lipinski definition) is 2. The molecule has 4 nitrogen and oxygen atoms in total. The summed E-state index contributed by atoms with van der Waals surface area (Å²) in [5, 5.41) is 19.4. The van der Waals surface area contributed by atoms with Crippen LogP contribution in [0.2, 0.25) is 0 Å². The zero-order valence-electron chi connectivity index (χ0n) is 16.5. The summed E-state index contributed by atoms with van der Waals surface area (Å²) in [6.45, 7) is 10.7. The van der Waals surface area contributed by atoms with Crippen LogP contribution in [0.4, 0.5) is 0 Å². The molecule has 1 rings (SSSR count). The molecule has 1 aliphatic heterocycles. The number of aliphatic hydroxyl groups is 2.